The molecule has 0 spiro atoms. The minimum atomic E-state index is -1.49. The van der Waals surface area contributed by atoms with Crippen molar-refractivity contribution in [2.24, 2.45) is 0 Å². The van der Waals surface area contributed by atoms with Gasteiger partial charge in [-0.3, -0.25) is 14.4 Å². The van der Waals surface area contributed by atoms with Crippen molar-refractivity contribution in [1.82, 2.24) is 0 Å². The van der Waals surface area contributed by atoms with Crippen LogP contribution in [0.4, 0.5) is 0 Å². The van der Waals surface area contributed by atoms with Gasteiger partial charge in [0.1, 0.15) is 18.3 Å². The van der Waals surface area contributed by atoms with Crippen molar-refractivity contribution in [1.29, 1.82) is 0 Å². The van der Waals surface area contributed by atoms with Gasteiger partial charge in [0, 0.05) is 19.3 Å². The monoisotopic (exact) mass is 1220 g/mol. The topological polar surface area (TPSA) is 278 Å². The minimum Gasteiger partial charge on any atom is -0.546 e. The smallest absolute Gasteiger partial charge is 0.546 e. The van der Waals surface area contributed by atoms with Gasteiger partial charge >= 0.3 is 53.2 Å². The SMILES string of the molecule is CCCCCCCCCCCCCCCC(=O)OC(C)C(=O)OC(C)C(=O)[O-].CCCCCCCCCCCCCCCC(=O)OC(C)C(=O)OC(C)C(=O)[O-].CCCCCCCCCCCCCCCC(=O)OC(C)C(=O)OC(C)C(=O)[O-].[Al+3]. The molecule has 0 aromatic heterocycles. The third-order valence-electron chi connectivity index (χ3n) is 14.2. The summed E-state index contributed by atoms with van der Waals surface area (Å²) in [6.45, 7) is 14.4. The van der Waals surface area contributed by atoms with Gasteiger partial charge in [-0.15, -0.1) is 0 Å². The molecule has 6 unspecified atom stereocenters. The van der Waals surface area contributed by atoms with Gasteiger partial charge in [0.2, 0.25) is 0 Å². The van der Waals surface area contributed by atoms with Gasteiger partial charge in [0.25, 0.3) is 0 Å². The Morgan fingerprint density at radius 2 is 0.376 bits per heavy atom. The maximum absolute atomic E-state index is 11.7. The second kappa shape index (κ2) is 62.8. The number of ether oxygens (including phenoxy) is 6. The average molecular weight is 1230 g/mol. The quantitative estimate of drug-likeness (QED) is 0.0237. The Kier molecular flexibility index (Phi) is 64.4. The molecule has 0 bridgehead atoms. The van der Waals surface area contributed by atoms with Crippen LogP contribution < -0.4 is 15.3 Å². The van der Waals surface area contributed by atoms with E-state index in [1.807, 2.05) is 0 Å². The van der Waals surface area contributed by atoms with Crippen LogP contribution in [0.3, 0.4) is 0 Å². The van der Waals surface area contributed by atoms with E-state index < -0.39 is 90.3 Å². The number of rotatable bonds is 54. The number of carboxylic acids is 3. The van der Waals surface area contributed by atoms with Crippen LogP contribution in [0.15, 0.2) is 0 Å². The molecule has 0 N–H and O–H groups in total. The van der Waals surface area contributed by atoms with Crippen LogP contribution >= 0.6 is 0 Å². The fourth-order valence-electron chi connectivity index (χ4n) is 8.73. The third kappa shape index (κ3) is 61.2. The summed E-state index contributed by atoms with van der Waals surface area (Å²) in [4.78, 5) is 102. The molecule has 0 aliphatic rings. The summed E-state index contributed by atoms with van der Waals surface area (Å²) in [6.07, 6.45) is 41.2. The summed E-state index contributed by atoms with van der Waals surface area (Å²) in [6, 6.07) is 0. The molecule has 0 amide bonds. The summed E-state index contributed by atoms with van der Waals surface area (Å²) in [5.74, 6) is -8.49. The summed E-state index contributed by atoms with van der Waals surface area (Å²) >= 11 is 0. The first-order valence-electron chi connectivity index (χ1n) is 33.0. The van der Waals surface area contributed by atoms with E-state index in [2.05, 4.69) is 35.0 Å². The molecule has 18 nitrogen and oxygen atoms in total. The molecule has 0 radical (unpaired) electrons. The molecule has 0 aliphatic carbocycles. The van der Waals surface area contributed by atoms with Gasteiger partial charge < -0.3 is 58.1 Å². The molecule has 0 heterocycles. The van der Waals surface area contributed by atoms with E-state index in [-0.39, 0.29) is 36.6 Å². The number of esters is 6. The molecular weight excluding hydrogens is 1110 g/mol. The van der Waals surface area contributed by atoms with Crippen LogP contribution in [0.1, 0.15) is 332 Å². The molecule has 0 saturated carbocycles. The summed E-state index contributed by atoms with van der Waals surface area (Å²) in [5, 5.41) is 31.6. The van der Waals surface area contributed by atoms with Crippen molar-refractivity contribution in [3.63, 3.8) is 0 Å². The van der Waals surface area contributed by atoms with E-state index >= 15 is 0 Å². The standard InChI is InChI=1S/3C22H40O6.Al/c3*1-4-5-6-7-8-9-10-11-12-13-14-15-16-17-20(23)27-19(3)22(26)28-18(2)21(24)25;/h3*18-19H,4-17H2,1-3H3,(H,24,25);/q;;;+3/p-3. The van der Waals surface area contributed by atoms with Gasteiger partial charge in [-0.25, -0.2) is 14.4 Å². The van der Waals surface area contributed by atoms with Crippen molar-refractivity contribution in [3.8, 4) is 0 Å². The zero-order chi connectivity index (χ0) is 63.6. The largest absolute Gasteiger partial charge is 3.00 e. The zero-order valence-electron chi connectivity index (χ0n) is 54.6. The van der Waals surface area contributed by atoms with Crippen LogP contribution in [-0.2, 0) is 71.6 Å². The van der Waals surface area contributed by atoms with E-state index in [1.54, 1.807) is 0 Å². The van der Waals surface area contributed by atoms with Gasteiger partial charge in [0.15, 0.2) is 18.3 Å². The van der Waals surface area contributed by atoms with Gasteiger partial charge in [0.05, 0.1) is 17.9 Å². The van der Waals surface area contributed by atoms with Crippen molar-refractivity contribution < 1.29 is 86.9 Å². The Hall–Kier alpha value is -4.24. The van der Waals surface area contributed by atoms with E-state index in [4.69, 9.17) is 14.2 Å². The second-order valence-electron chi connectivity index (χ2n) is 22.6. The van der Waals surface area contributed by atoms with E-state index in [0.29, 0.717) is 0 Å². The number of unbranched alkanes of at least 4 members (excludes halogenated alkanes) is 36. The molecule has 0 saturated heterocycles. The van der Waals surface area contributed by atoms with E-state index in [0.717, 1.165) is 57.8 Å². The predicted molar refractivity (Wildman–Crippen MR) is 325 cm³/mol. The number of carbonyl (C=O) groups is 9. The Morgan fingerprint density at radius 1 is 0.235 bits per heavy atom. The van der Waals surface area contributed by atoms with Crippen molar-refractivity contribution >= 4 is 71.1 Å². The van der Waals surface area contributed by atoms with Crippen LogP contribution in [-0.4, -0.2) is 108 Å². The third-order valence-corrected chi connectivity index (χ3v) is 14.2. The molecule has 492 valence electrons. The number of hydrogen-bond donors (Lipinski definition) is 0. The molecule has 19 heteroatoms. The normalized spacial score (nSPS) is 12.8. The van der Waals surface area contributed by atoms with E-state index in [1.165, 1.54) is 234 Å². The Labute approximate surface area is 524 Å². The first-order chi connectivity index (χ1) is 40.1. The van der Waals surface area contributed by atoms with Crippen LogP contribution in [0.25, 0.3) is 0 Å². The number of aliphatic carboxylic acids is 3. The molecule has 6 atom stereocenters. The maximum atomic E-state index is 11.7. The molecule has 0 aliphatic heterocycles. The molecule has 0 aromatic rings. The molecule has 0 aromatic carbocycles. The Morgan fingerprint density at radius 3 is 0.518 bits per heavy atom. The van der Waals surface area contributed by atoms with Gasteiger partial charge in [-0.1, -0.05) is 252 Å². The van der Waals surface area contributed by atoms with E-state index in [9.17, 15) is 58.5 Å². The average Bonchev–Trinajstić information content (AvgIpc) is 3.47. The minimum absolute atomic E-state index is 0. The fourth-order valence-corrected chi connectivity index (χ4v) is 8.73. The first kappa shape index (κ1) is 87.2. The Balaban J connectivity index is -0.000000576. The molecule has 0 fully saturated rings. The van der Waals surface area contributed by atoms with Crippen LogP contribution in [0, 0.1) is 0 Å². The van der Waals surface area contributed by atoms with Crippen molar-refractivity contribution in [2.45, 2.75) is 369 Å². The van der Waals surface area contributed by atoms with Gasteiger partial charge in [-0.05, 0) is 60.8 Å². The van der Waals surface area contributed by atoms with Crippen molar-refractivity contribution in [2.75, 3.05) is 0 Å². The summed E-state index contributed by atoms with van der Waals surface area (Å²) in [7, 11) is 0. The molecule has 0 rings (SSSR count). The number of carboxylic acid groups (broad SMARTS) is 3. The molecular formula is C66H117AlO18. The van der Waals surface area contributed by atoms with Crippen LogP contribution in [0.2, 0.25) is 0 Å². The summed E-state index contributed by atoms with van der Waals surface area (Å²) in [5.41, 5.74) is 0. The van der Waals surface area contributed by atoms with Crippen LogP contribution in [0.5, 0.6) is 0 Å². The first-order valence-corrected chi connectivity index (χ1v) is 33.0. The number of hydrogen-bond acceptors (Lipinski definition) is 18. The second-order valence-corrected chi connectivity index (χ2v) is 22.6. The fraction of sp³-hybridized carbons (Fsp3) is 0.864. The Bertz CT molecular complexity index is 1500. The van der Waals surface area contributed by atoms with Gasteiger partial charge in [-0.2, -0.15) is 0 Å². The maximum Gasteiger partial charge on any atom is 3.00 e. The van der Waals surface area contributed by atoms with Crippen molar-refractivity contribution in [3.05, 3.63) is 0 Å². The molecule has 85 heavy (non-hydrogen) atoms. The number of carbonyl (C=O) groups excluding carboxylic acids is 9. The predicted octanol–water partition coefficient (Wildman–Crippen LogP) is 11.9. The zero-order valence-corrected chi connectivity index (χ0v) is 55.7. The summed E-state index contributed by atoms with van der Waals surface area (Å²) < 4.78 is 28.8.